The topological polar surface area (TPSA) is 87.0 Å². The van der Waals surface area contributed by atoms with Gasteiger partial charge in [0, 0.05) is 6.54 Å². The average molecular weight is 334 g/mol. The summed E-state index contributed by atoms with van der Waals surface area (Å²) >= 11 is 0. The van der Waals surface area contributed by atoms with Gasteiger partial charge in [0.1, 0.15) is 5.75 Å². The first-order valence-electron chi connectivity index (χ1n) is 7.95. The fourth-order valence-electron chi connectivity index (χ4n) is 2.88. The van der Waals surface area contributed by atoms with Crippen molar-refractivity contribution >= 4 is 15.7 Å². The van der Waals surface area contributed by atoms with Crippen molar-refractivity contribution in [1.82, 2.24) is 5.32 Å². The van der Waals surface area contributed by atoms with Gasteiger partial charge in [0.2, 0.25) is 5.91 Å². The van der Waals surface area contributed by atoms with Crippen LogP contribution in [0.5, 0.6) is 0 Å². The minimum Gasteiger partial charge on any atom is -0.355 e. The van der Waals surface area contributed by atoms with Crippen LogP contribution in [0, 0.1) is 17.2 Å². The lowest BCUT2D eigenvalue weighted by Crippen LogP contribution is -2.34. The molecule has 5 nitrogen and oxygen atoms in total. The number of nitriles is 1. The Morgan fingerprint density at radius 1 is 1.17 bits per heavy atom. The van der Waals surface area contributed by atoms with Crippen molar-refractivity contribution in [2.75, 3.05) is 12.3 Å². The van der Waals surface area contributed by atoms with Crippen LogP contribution in [0.1, 0.15) is 43.2 Å². The Morgan fingerprint density at radius 3 is 2.43 bits per heavy atom. The summed E-state index contributed by atoms with van der Waals surface area (Å²) in [5, 5.41) is 11.5. The third-order valence-electron chi connectivity index (χ3n) is 4.13. The van der Waals surface area contributed by atoms with E-state index in [0.717, 1.165) is 12.8 Å². The molecule has 124 valence electrons. The van der Waals surface area contributed by atoms with Gasteiger partial charge < -0.3 is 5.32 Å². The molecule has 1 fully saturated rings. The highest BCUT2D eigenvalue weighted by Crippen LogP contribution is 2.22. The summed E-state index contributed by atoms with van der Waals surface area (Å²) in [5.41, 5.74) is 1.07. The molecule has 1 aromatic rings. The monoisotopic (exact) mass is 334 g/mol. The number of nitrogens with one attached hydrogen (secondary N) is 1. The highest BCUT2D eigenvalue weighted by molar-refractivity contribution is 7.91. The molecule has 2 rings (SSSR count). The quantitative estimate of drug-likeness (QED) is 0.863. The van der Waals surface area contributed by atoms with Crippen LogP contribution in [0.15, 0.2) is 24.3 Å². The van der Waals surface area contributed by atoms with E-state index in [1.54, 1.807) is 24.3 Å². The molecule has 0 aromatic heterocycles. The lowest BCUT2D eigenvalue weighted by molar-refractivity contribution is -0.118. The number of sulfone groups is 1. The minimum atomic E-state index is -3.50. The molecule has 0 unspecified atom stereocenters. The van der Waals surface area contributed by atoms with Crippen LogP contribution in [0.3, 0.4) is 0 Å². The van der Waals surface area contributed by atoms with E-state index in [9.17, 15) is 13.2 Å². The van der Waals surface area contributed by atoms with Crippen molar-refractivity contribution in [2.24, 2.45) is 5.92 Å². The van der Waals surface area contributed by atoms with E-state index in [1.807, 2.05) is 6.07 Å². The van der Waals surface area contributed by atoms with Crippen LogP contribution < -0.4 is 5.32 Å². The zero-order valence-corrected chi connectivity index (χ0v) is 13.9. The maximum Gasteiger partial charge on any atom is 0.235 e. The van der Waals surface area contributed by atoms with Gasteiger partial charge in [0.25, 0.3) is 0 Å². The number of amides is 1. The van der Waals surface area contributed by atoms with Gasteiger partial charge in [0.05, 0.1) is 17.4 Å². The first kappa shape index (κ1) is 17.5. The molecule has 1 saturated carbocycles. The third-order valence-corrected chi connectivity index (χ3v) is 5.61. The first-order valence-corrected chi connectivity index (χ1v) is 9.77. The molecule has 1 N–H and O–H groups in total. The molecule has 6 heteroatoms. The Labute approximate surface area is 137 Å². The molecule has 1 amide bonds. The molecule has 23 heavy (non-hydrogen) atoms. The number of nitrogens with zero attached hydrogens (tertiary/aromatic N) is 1. The second-order valence-corrected chi connectivity index (χ2v) is 8.21. The highest BCUT2D eigenvalue weighted by Gasteiger charge is 2.19. The van der Waals surface area contributed by atoms with Gasteiger partial charge in [-0.15, -0.1) is 0 Å². The molecule has 0 heterocycles. The van der Waals surface area contributed by atoms with Crippen molar-refractivity contribution in [1.29, 1.82) is 5.26 Å². The van der Waals surface area contributed by atoms with Crippen LogP contribution in [0.25, 0.3) is 0 Å². The van der Waals surface area contributed by atoms with E-state index in [2.05, 4.69) is 5.32 Å². The number of benzene rings is 1. The second-order valence-electron chi connectivity index (χ2n) is 6.15. The van der Waals surface area contributed by atoms with Gasteiger partial charge >= 0.3 is 0 Å². The summed E-state index contributed by atoms with van der Waals surface area (Å²) in [5.74, 6) is -0.618. The Bertz CT molecular complexity index is 669. The summed E-state index contributed by atoms with van der Waals surface area (Å²) in [6.45, 7) is 0.575. The van der Waals surface area contributed by atoms with Crippen LogP contribution in [-0.2, 0) is 20.4 Å². The predicted molar refractivity (Wildman–Crippen MR) is 88.2 cm³/mol. The van der Waals surface area contributed by atoms with E-state index in [-0.39, 0.29) is 5.75 Å². The normalized spacial score (nSPS) is 15.8. The molecular weight excluding hydrogens is 312 g/mol. The fourth-order valence-corrected chi connectivity index (χ4v) is 4.18. The van der Waals surface area contributed by atoms with Crippen molar-refractivity contribution in [3.8, 4) is 6.07 Å². The zero-order chi connectivity index (χ0) is 16.7. The van der Waals surface area contributed by atoms with Gasteiger partial charge in [-0.2, -0.15) is 5.26 Å². The lowest BCUT2D eigenvalue weighted by Gasteiger charge is -2.21. The van der Waals surface area contributed by atoms with Crippen LogP contribution in [0.2, 0.25) is 0 Å². The van der Waals surface area contributed by atoms with Gasteiger partial charge in [-0.05, 0) is 36.5 Å². The number of carbonyl (C=O) groups excluding carboxylic acids is 1. The van der Waals surface area contributed by atoms with Crippen LogP contribution in [-0.4, -0.2) is 26.6 Å². The lowest BCUT2D eigenvalue weighted by atomic mass is 9.89. The van der Waals surface area contributed by atoms with Crippen LogP contribution in [0.4, 0.5) is 0 Å². The second kappa shape index (κ2) is 8.11. The van der Waals surface area contributed by atoms with Crippen molar-refractivity contribution in [2.45, 2.75) is 37.9 Å². The molecule has 1 aromatic carbocycles. The minimum absolute atomic E-state index is 0.185. The van der Waals surface area contributed by atoms with Crippen molar-refractivity contribution in [3.05, 3.63) is 35.4 Å². The SMILES string of the molecule is N#Cc1ccc(CS(=O)(=O)CC(=O)NCC2CCCCC2)cc1. The smallest absolute Gasteiger partial charge is 0.235 e. The van der Waals surface area contributed by atoms with Gasteiger partial charge in [-0.3, -0.25) is 4.79 Å². The fraction of sp³-hybridized carbons (Fsp3) is 0.529. The highest BCUT2D eigenvalue weighted by atomic mass is 32.2. The number of hydrogen-bond donors (Lipinski definition) is 1. The number of rotatable bonds is 6. The van der Waals surface area contributed by atoms with E-state index in [4.69, 9.17) is 5.26 Å². The molecule has 0 spiro atoms. The van der Waals surface area contributed by atoms with Crippen LogP contribution >= 0.6 is 0 Å². The Morgan fingerprint density at radius 2 is 1.83 bits per heavy atom. The molecule has 1 aliphatic carbocycles. The third kappa shape index (κ3) is 6.03. The van der Waals surface area contributed by atoms with Gasteiger partial charge in [-0.1, -0.05) is 31.4 Å². The average Bonchev–Trinajstić information content (AvgIpc) is 2.54. The van der Waals surface area contributed by atoms with E-state index in [1.165, 1.54) is 19.3 Å². The molecule has 1 aliphatic rings. The zero-order valence-electron chi connectivity index (χ0n) is 13.1. The summed E-state index contributed by atoms with van der Waals surface area (Å²) in [6, 6.07) is 8.35. The maximum atomic E-state index is 12.1. The summed E-state index contributed by atoms with van der Waals surface area (Å²) < 4.78 is 24.2. The molecule has 0 saturated heterocycles. The largest absolute Gasteiger partial charge is 0.355 e. The number of carbonyl (C=O) groups is 1. The standard InChI is InChI=1S/C17H22N2O3S/c18-10-14-6-8-16(9-7-14)12-23(21,22)13-17(20)19-11-15-4-2-1-3-5-15/h6-9,15H,1-5,11-13H2,(H,19,20). The van der Waals surface area contributed by atoms with Gasteiger partial charge in [-0.25, -0.2) is 8.42 Å². The molecule has 0 bridgehead atoms. The van der Waals surface area contributed by atoms with Crippen molar-refractivity contribution < 1.29 is 13.2 Å². The van der Waals surface area contributed by atoms with E-state index < -0.39 is 21.5 Å². The Hall–Kier alpha value is -1.87. The predicted octanol–water partition coefficient (Wildman–Crippen LogP) is 2.17. The Balaban J connectivity index is 1.82. The van der Waals surface area contributed by atoms with E-state index in [0.29, 0.717) is 23.6 Å². The molecule has 0 atom stereocenters. The molecule has 0 aliphatic heterocycles. The van der Waals surface area contributed by atoms with E-state index >= 15 is 0 Å². The van der Waals surface area contributed by atoms with Gasteiger partial charge in [0.15, 0.2) is 9.84 Å². The first-order chi connectivity index (χ1) is 11.0. The summed E-state index contributed by atoms with van der Waals surface area (Å²) in [7, 11) is -3.50. The maximum absolute atomic E-state index is 12.1. The molecular formula is C17H22N2O3S. The number of hydrogen-bond acceptors (Lipinski definition) is 4. The molecule has 0 radical (unpaired) electrons. The summed E-state index contributed by atoms with van der Waals surface area (Å²) in [6.07, 6.45) is 5.86. The summed E-state index contributed by atoms with van der Waals surface area (Å²) in [4.78, 5) is 11.9. The Kier molecular flexibility index (Phi) is 6.17. The van der Waals surface area contributed by atoms with Crippen molar-refractivity contribution in [3.63, 3.8) is 0 Å².